The molecule has 0 aliphatic heterocycles. The van der Waals surface area contributed by atoms with Gasteiger partial charge in [-0.2, -0.15) is 0 Å². The minimum Gasteiger partial charge on any atom is -0.497 e. The van der Waals surface area contributed by atoms with Gasteiger partial charge in [0.1, 0.15) is 5.75 Å². The molecule has 0 amide bonds. The molecule has 0 bridgehead atoms. The lowest BCUT2D eigenvalue weighted by Crippen LogP contribution is -2.27. The van der Waals surface area contributed by atoms with Gasteiger partial charge in [-0.15, -0.1) is 0 Å². The number of rotatable bonds is 9. The first-order chi connectivity index (χ1) is 9.21. The number of hydrogen-bond acceptors (Lipinski definition) is 3. The molecule has 0 spiro atoms. The first-order valence-corrected chi connectivity index (χ1v) is 6.97. The van der Waals surface area contributed by atoms with Crippen molar-refractivity contribution in [2.75, 3.05) is 34.4 Å². The van der Waals surface area contributed by atoms with E-state index in [0.29, 0.717) is 11.8 Å². The van der Waals surface area contributed by atoms with Gasteiger partial charge in [0.2, 0.25) is 0 Å². The van der Waals surface area contributed by atoms with Gasteiger partial charge in [0.05, 0.1) is 7.11 Å². The van der Waals surface area contributed by atoms with Crippen molar-refractivity contribution < 1.29 is 9.47 Å². The highest BCUT2D eigenvalue weighted by molar-refractivity contribution is 5.27. The molecule has 3 heteroatoms. The van der Waals surface area contributed by atoms with E-state index < -0.39 is 0 Å². The molecular formula is C16H27NO2. The molecule has 2 unspecified atom stereocenters. The lowest BCUT2D eigenvalue weighted by molar-refractivity contribution is 0.164. The summed E-state index contributed by atoms with van der Waals surface area (Å²) in [6.45, 7) is 4.19. The third-order valence-corrected chi connectivity index (χ3v) is 3.71. The SMILES string of the molecule is CNCC(Cc1ccc(OC)cc1)C(C)CCOC. The van der Waals surface area contributed by atoms with E-state index in [-0.39, 0.29) is 0 Å². The van der Waals surface area contributed by atoms with Crippen LogP contribution in [0.15, 0.2) is 24.3 Å². The Balaban J connectivity index is 2.60. The molecule has 0 radical (unpaired) electrons. The summed E-state index contributed by atoms with van der Waals surface area (Å²) in [6.07, 6.45) is 2.20. The minimum atomic E-state index is 0.633. The van der Waals surface area contributed by atoms with E-state index in [2.05, 4.69) is 24.4 Å². The van der Waals surface area contributed by atoms with Gasteiger partial charge in [-0.1, -0.05) is 19.1 Å². The quantitative estimate of drug-likeness (QED) is 0.745. The zero-order valence-corrected chi connectivity index (χ0v) is 12.6. The molecule has 0 heterocycles. The Kier molecular flexibility index (Phi) is 7.53. The topological polar surface area (TPSA) is 30.5 Å². The average molecular weight is 265 g/mol. The highest BCUT2D eigenvalue weighted by atomic mass is 16.5. The average Bonchev–Trinajstić information content (AvgIpc) is 2.45. The summed E-state index contributed by atoms with van der Waals surface area (Å²) >= 11 is 0. The van der Waals surface area contributed by atoms with Gasteiger partial charge >= 0.3 is 0 Å². The third kappa shape index (κ3) is 5.62. The van der Waals surface area contributed by atoms with E-state index in [4.69, 9.17) is 9.47 Å². The lowest BCUT2D eigenvalue weighted by atomic mass is 9.86. The minimum absolute atomic E-state index is 0.633. The highest BCUT2D eigenvalue weighted by Gasteiger charge is 2.17. The summed E-state index contributed by atoms with van der Waals surface area (Å²) < 4.78 is 10.4. The monoisotopic (exact) mass is 265 g/mol. The van der Waals surface area contributed by atoms with E-state index in [1.807, 2.05) is 19.2 Å². The largest absolute Gasteiger partial charge is 0.497 e. The fraction of sp³-hybridized carbons (Fsp3) is 0.625. The summed E-state index contributed by atoms with van der Waals surface area (Å²) in [6, 6.07) is 8.38. The van der Waals surface area contributed by atoms with Crippen LogP contribution in [0.4, 0.5) is 0 Å². The van der Waals surface area contributed by atoms with Crippen LogP contribution in [0.25, 0.3) is 0 Å². The second-order valence-electron chi connectivity index (χ2n) is 5.13. The van der Waals surface area contributed by atoms with Crippen LogP contribution in [0.2, 0.25) is 0 Å². The summed E-state index contributed by atoms with van der Waals surface area (Å²) in [5.74, 6) is 2.20. The van der Waals surface area contributed by atoms with Gasteiger partial charge in [-0.25, -0.2) is 0 Å². The molecule has 0 aromatic heterocycles. The molecule has 0 saturated carbocycles. The van der Waals surface area contributed by atoms with Crippen LogP contribution in [0.5, 0.6) is 5.75 Å². The van der Waals surface area contributed by atoms with Crippen molar-refractivity contribution in [1.29, 1.82) is 0 Å². The molecule has 108 valence electrons. The maximum atomic E-state index is 5.19. The van der Waals surface area contributed by atoms with Crippen molar-refractivity contribution in [3.05, 3.63) is 29.8 Å². The fourth-order valence-electron chi connectivity index (χ4n) is 2.34. The van der Waals surface area contributed by atoms with Crippen LogP contribution >= 0.6 is 0 Å². The van der Waals surface area contributed by atoms with E-state index in [1.54, 1.807) is 14.2 Å². The van der Waals surface area contributed by atoms with Crippen molar-refractivity contribution in [3.8, 4) is 5.75 Å². The molecule has 3 nitrogen and oxygen atoms in total. The molecule has 0 fully saturated rings. The normalized spacial score (nSPS) is 14.1. The van der Waals surface area contributed by atoms with Crippen LogP contribution in [-0.4, -0.2) is 34.4 Å². The van der Waals surface area contributed by atoms with E-state index in [9.17, 15) is 0 Å². The van der Waals surface area contributed by atoms with Crippen LogP contribution < -0.4 is 10.1 Å². The second kappa shape index (κ2) is 8.94. The summed E-state index contributed by atoms with van der Waals surface area (Å²) in [5.41, 5.74) is 1.37. The Morgan fingerprint density at radius 2 is 1.84 bits per heavy atom. The number of nitrogens with one attached hydrogen (secondary N) is 1. The second-order valence-corrected chi connectivity index (χ2v) is 5.13. The Hall–Kier alpha value is -1.06. The van der Waals surface area contributed by atoms with Crippen molar-refractivity contribution in [1.82, 2.24) is 5.32 Å². The Bertz CT molecular complexity index is 337. The van der Waals surface area contributed by atoms with Gasteiger partial charge in [0, 0.05) is 13.7 Å². The molecular weight excluding hydrogens is 238 g/mol. The summed E-state index contributed by atoms with van der Waals surface area (Å²) in [7, 11) is 5.49. The molecule has 1 aromatic carbocycles. The first kappa shape index (κ1) is 16.0. The van der Waals surface area contributed by atoms with Crippen LogP contribution in [0.1, 0.15) is 18.9 Å². The van der Waals surface area contributed by atoms with Crippen LogP contribution in [0, 0.1) is 11.8 Å². The van der Waals surface area contributed by atoms with Crippen LogP contribution in [-0.2, 0) is 11.2 Å². The zero-order valence-electron chi connectivity index (χ0n) is 12.6. The van der Waals surface area contributed by atoms with Gasteiger partial charge in [-0.05, 0) is 56.0 Å². The van der Waals surface area contributed by atoms with Gasteiger partial charge < -0.3 is 14.8 Å². The number of methoxy groups -OCH3 is 2. The predicted octanol–water partition coefficient (Wildman–Crippen LogP) is 2.75. The third-order valence-electron chi connectivity index (χ3n) is 3.71. The van der Waals surface area contributed by atoms with Gasteiger partial charge in [0.25, 0.3) is 0 Å². The van der Waals surface area contributed by atoms with Gasteiger partial charge in [0.15, 0.2) is 0 Å². The zero-order chi connectivity index (χ0) is 14.1. The molecule has 2 atom stereocenters. The lowest BCUT2D eigenvalue weighted by Gasteiger charge is -2.24. The van der Waals surface area contributed by atoms with Crippen molar-refractivity contribution >= 4 is 0 Å². The maximum Gasteiger partial charge on any atom is 0.118 e. The van der Waals surface area contributed by atoms with E-state index in [0.717, 1.165) is 31.7 Å². The van der Waals surface area contributed by atoms with Crippen molar-refractivity contribution in [3.63, 3.8) is 0 Å². The standard InChI is InChI=1S/C16H27NO2/c1-13(9-10-18-3)15(12-17-2)11-14-5-7-16(19-4)8-6-14/h5-8,13,15,17H,9-12H2,1-4H3. The van der Waals surface area contributed by atoms with Crippen LogP contribution in [0.3, 0.4) is 0 Å². The Labute approximate surface area is 117 Å². The first-order valence-electron chi connectivity index (χ1n) is 6.97. The van der Waals surface area contributed by atoms with E-state index >= 15 is 0 Å². The molecule has 0 aliphatic carbocycles. The van der Waals surface area contributed by atoms with Crippen molar-refractivity contribution in [2.45, 2.75) is 19.8 Å². The van der Waals surface area contributed by atoms with Gasteiger partial charge in [-0.3, -0.25) is 0 Å². The molecule has 0 aliphatic rings. The molecule has 1 aromatic rings. The summed E-state index contributed by atoms with van der Waals surface area (Å²) in [4.78, 5) is 0. The van der Waals surface area contributed by atoms with E-state index in [1.165, 1.54) is 5.56 Å². The number of hydrogen-bond donors (Lipinski definition) is 1. The fourth-order valence-corrected chi connectivity index (χ4v) is 2.34. The Morgan fingerprint density at radius 1 is 1.16 bits per heavy atom. The molecule has 1 N–H and O–H groups in total. The maximum absolute atomic E-state index is 5.19. The summed E-state index contributed by atoms with van der Waals surface area (Å²) in [5, 5.41) is 3.30. The highest BCUT2D eigenvalue weighted by Crippen LogP contribution is 2.21. The number of benzene rings is 1. The number of ether oxygens (including phenoxy) is 2. The smallest absolute Gasteiger partial charge is 0.118 e. The Morgan fingerprint density at radius 3 is 2.37 bits per heavy atom. The molecule has 0 saturated heterocycles. The molecule has 1 rings (SSSR count). The molecule has 19 heavy (non-hydrogen) atoms. The predicted molar refractivity (Wildman–Crippen MR) is 79.8 cm³/mol. The van der Waals surface area contributed by atoms with Crippen molar-refractivity contribution in [2.24, 2.45) is 11.8 Å².